The Morgan fingerprint density at radius 2 is 1.50 bits per heavy atom. The van der Waals surface area contributed by atoms with Crippen LogP contribution in [0.15, 0.2) is 30.3 Å². The maximum absolute atomic E-state index is 2.44. The molecule has 0 heterocycles. The van der Waals surface area contributed by atoms with Crippen molar-refractivity contribution in [2.45, 2.75) is 53.9 Å². The molecule has 0 N–H and O–H groups in total. The Balaban J connectivity index is 2.59. The van der Waals surface area contributed by atoms with Crippen LogP contribution >= 0.6 is 0 Å². The predicted octanol–water partition coefficient (Wildman–Crippen LogP) is 5.80. The van der Waals surface area contributed by atoms with E-state index >= 15 is 0 Å². The quantitative estimate of drug-likeness (QED) is 0.643. The van der Waals surface area contributed by atoms with E-state index in [-0.39, 0.29) is 0 Å². The van der Waals surface area contributed by atoms with Crippen molar-refractivity contribution in [1.29, 1.82) is 0 Å². The topological polar surface area (TPSA) is 0 Å². The van der Waals surface area contributed by atoms with Crippen molar-refractivity contribution in [3.8, 4) is 0 Å². The third-order valence-electron chi connectivity index (χ3n) is 3.88. The molecule has 0 fully saturated rings. The third-order valence-corrected chi connectivity index (χ3v) is 3.88. The average molecular weight is 268 g/mol. The zero-order valence-corrected chi connectivity index (χ0v) is 13.7. The van der Waals surface area contributed by atoms with Gasteiger partial charge in [-0.25, -0.2) is 0 Å². The van der Waals surface area contributed by atoms with Crippen molar-refractivity contribution in [2.75, 3.05) is 0 Å². The van der Waals surface area contributed by atoms with Gasteiger partial charge in [0.2, 0.25) is 0 Å². The molecular formula is C20H28. The number of hydrogen-bond acceptors (Lipinski definition) is 0. The maximum atomic E-state index is 2.44. The lowest BCUT2D eigenvalue weighted by Gasteiger charge is -2.15. The highest BCUT2D eigenvalue weighted by Gasteiger charge is 2.09. The number of hydrogen-bond donors (Lipinski definition) is 0. The largest absolute Gasteiger partial charge is 0.0625 e. The molecule has 0 aliphatic heterocycles. The van der Waals surface area contributed by atoms with E-state index in [0.717, 1.165) is 12.3 Å². The highest BCUT2D eigenvalue weighted by molar-refractivity contribution is 5.89. The predicted molar refractivity (Wildman–Crippen MR) is 90.4 cm³/mol. The van der Waals surface area contributed by atoms with Crippen LogP contribution in [-0.4, -0.2) is 0 Å². The van der Waals surface area contributed by atoms with Crippen LogP contribution < -0.4 is 0 Å². The van der Waals surface area contributed by atoms with Gasteiger partial charge < -0.3 is 0 Å². The van der Waals surface area contributed by atoms with Crippen LogP contribution in [0.2, 0.25) is 0 Å². The molecule has 0 saturated carbocycles. The van der Waals surface area contributed by atoms with Gasteiger partial charge in [0.05, 0.1) is 0 Å². The van der Waals surface area contributed by atoms with Crippen LogP contribution in [-0.2, 0) is 19.3 Å². The second-order valence-corrected chi connectivity index (χ2v) is 6.82. The first-order valence-electron chi connectivity index (χ1n) is 8.04. The molecule has 0 nitrogen and oxygen atoms in total. The fourth-order valence-electron chi connectivity index (χ4n) is 3.09. The molecule has 0 aliphatic carbocycles. The minimum Gasteiger partial charge on any atom is -0.0625 e. The SMILES string of the molecule is CCc1cc(CC(C)C)cc2c(CC(C)C)cccc12. The Bertz CT molecular complexity index is 576. The van der Waals surface area contributed by atoms with Crippen LogP contribution in [0.3, 0.4) is 0 Å². The Labute approximate surface area is 124 Å². The lowest BCUT2D eigenvalue weighted by molar-refractivity contribution is 0.645. The molecule has 0 spiro atoms. The van der Waals surface area contributed by atoms with Gasteiger partial charge in [-0.1, -0.05) is 65.0 Å². The fourth-order valence-corrected chi connectivity index (χ4v) is 3.09. The first-order valence-corrected chi connectivity index (χ1v) is 8.04. The Morgan fingerprint density at radius 1 is 0.800 bits per heavy atom. The number of fused-ring (bicyclic) bond motifs is 1. The normalized spacial score (nSPS) is 11.8. The van der Waals surface area contributed by atoms with Gasteiger partial charge in [-0.3, -0.25) is 0 Å². The van der Waals surface area contributed by atoms with Gasteiger partial charge >= 0.3 is 0 Å². The molecule has 0 heteroatoms. The summed E-state index contributed by atoms with van der Waals surface area (Å²) in [5.41, 5.74) is 4.52. The third kappa shape index (κ3) is 3.42. The molecule has 2 aromatic rings. The molecule has 0 unspecified atom stereocenters. The highest BCUT2D eigenvalue weighted by Crippen LogP contribution is 2.27. The van der Waals surface area contributed by atoms with Gasteiger partial charge in [0, 0.05) is 0 Å². The molecule has 108 valence electrons. The molecule has 0 amide bonds. The molecule has 0 bridgehead atoms. The molecule has 0 saturated heterocycles. The summed E-state index contributed by atoms with van der Waals surface area (Å²) in [7, 11) is 0. The van der Waals surface area contributed by atoms with E-state index in [1.807, 2.05) is 0 Å². The molecule has 0 radical (unpaired) electrons. The van der Waals surface area contributed by atoms with Crippen molar-refractivity contribution in [3.05, 3.63) is 47.0 Å². The first kappa shape index (κ1) is 15.1. The van der Waals surface area contributed by atoms with Gasteiger partial charge in [-0.05, 0) is 58.6 Å². The van der Waals surface area contributed by atoms with E-state index in [2.05, 4.69) is 65.0 Å². The van der Waals surface area contributed by atoms with Crippen molar-refractivity contribution in [2.24, 2.45) is 11.8 Å². The summed E-state index contributed by atoms with van der Waals surface area (Å²) in [5.74, 6) is 1.42. The van der Waals surface area contributed by atoms with Gasteiger partial charge in [0.15, 0.2) is 0 Å². The second-order valence-electron chi connectivity index (χ2n) is 6.82. The van der Waals surface area contributed by atoms with E-state index < -0.39 is 0 Å². The average Bonchev–Trinajstić information content (AvgIpc) is 2.37. The molecule has 0 atom stereocenters. The van der Waals surface area contributed by atoms with Crippen LogP contribution in [0.1, 0.15) is 51.3 Å². The standard InChI is InChI=1S/C20H28/c1-6-17-12-16(10-14(2)3)13-20-18(11-15(4)5)8-7-9-19(17)20/h7-9,12-15H,6,10-11H2,1-5H3. The summed E-state index contributed by atoms with van der Waals surface area (Å²) < 4.78 is 0. The summed E-state index contributed by atoms with van der Waals surface area (Å²) >= 11 is 0. The van der Waals surface area contributed by atoms with E-state index in [9.17, 15) is 0 Å². The molecule has 2 aromatic carbocycles. The zero-order valence-electron chi connectivity index (χ0n) is 13.7. The van der Waals surface area contributed by atoms with Crippen LogP contribution in [0.5, 0.6) is 0 Å². The van der Waals surface area contributed by atoms with Gasteiger partial charge in [0.25, 0.3) is 0 Å². The summed E-state index contributed by atoms with van der Waals surface area (Å²) in [4.78, 5) is 0. The van der Waals surface area contributed by atoms with Crippen molar-refractivity contribution >= 4 is 10.8 Å². The van der Waals surface area contributed by atoms with E-state index in [1.54, 1.807) is 0 Å². The summed E-state index contributed by atoms with van der Waals surface area (Å²) in [5, 5.41) is 2.94. The molecule has 0 aromatic heterocycles. The monoisotopic (exact) mass is 268 g/mol. The first-order chi connectivity index (χ1) is 9.51. The second kappa shape index (κ2) is 6.43. The van der Waals surface area contributed by atoms with Crippen molar-refractivity contribution < 1.29 is 0 Å². The zero-order chi connectivity index (χ0) is 14.7. The van der Waals surface area contributed by atoms with E-state index in [0.29, 0.717) is 5.92 Å². The highest BCUT2D eigenvalue weighted by atomic mass is 14.1. The Kier molecular flexibility index (Phi) is 4.86. The number of rotatable bonds is 5. The lowest BCUT2D eigenvalue weighted by Crippen LogP contribution is -1.99. The molecule has 0 aliphatic rings. The van der Waals surface area contributed by atoms with E-state index in [1.165, 1.54) is 40.3 Å². The maximum Gasteiger partial charge on any atom is -0.0146 e. The summed E-state index contributed by atoms with van der Waals surface area (Å²) in [6, 6.07) is 11.7. The van der Waals surface area contributed by atoms with Crippen LogP contribution in [0.25, 0.3) is 10.8 Å². The van der Waals surface area contributed by atoms with Gasteiger partial charge in [0.1, 0.15) is 0 Å². The smallest absolute Gasteiger partial charge is 0.0146 e. The minimum absolute atomic E-state index is 0.708. The molecule has 2 rings (SSSR count). The molecule has 20 heavy (non-hydrogen) atoms. The Hall–Kier alpha value is -1.30. The lowest BCUT2D eigenvalue weighted by atomic mass is 9.90. The van der Waals surface area contributed by atoms with Gasteiger partial charge in [-0.2, -0.15) is 0 Å². The number of aryl methyl sites for hydroxylation is 1. The van der Waals surface area contributed by atoms with Crippen LogP contribution in [0, 0.1) is 11.8 Å². The van der Waals surface area contributed by atoms with E-state index in [4.69, 9.17) is 0 Å². The number of benzene rings is 2. The van der Waals surface area contributed by atoms with Crippen molar-refractivity contribution in [3.63, 3.8) is 0 Å². The fraction of sp³-hybridized carbons (Fsp3) is 0.500. The van der Waals surface area contributed by atoms with Gasteiger partial charge in [-0.15, -0.1) is 0 Å². The minimum atomic E-state index is 0.708. The summed E-state index contributed by atoms with van der Waals surface area (Å²) in [6.07, 6.45) is 3.47. The molecular weight excluding hydrogens is 240 g/mol. The summed E-state index contributed by atoms with van der Waals surface area (Å²) in [6.45, 7) is 11.5. The van der Waals surface area contributed by atoms with Crippen LogP contribution in [0.4, 0.5) is 0 Å². The Morgan fingerprint density at radius 3 is 2.10 bits per heavy atom. The van der Waals surface area contributed by atoms with Crippen molar-refractivity contribution in [1.82, 2.24) is 0 Å².